The summed E-state index contributed by atoms with van der Waals surface area (Å²) in [6.07, 6.45) is 0. The van der Waals surface area contributed by atoms with Gasteiger partial charge in [-0.15, -0.1) is 11.3 Å². The molecule has 12 aromatic rings. The predicted molar refractivity (Wildman–Crippen MR) is 262 cm³/mol. The third-order valence-electron chi connectivity index (χ3n) is 12.2. The minimum absolute atomic E-state index is 1.08. The molecule has 10 aromatic carbocycles. The Balaban J connectivity index is 1.05. The lowest BCUT2D eigenvalue weighted by molar-refractivity contribution is 1.15. The molecule has 286 valence electrons. The quantitative estimate of drug-likeness (QED) is 0.156. The van der Waals surface area contributed by atoms with Crippen molar-refractivity contribution < 1.29 is 0 Å². The first-order valence-corrected chi connectivity index (χ1v) is 21.7. The van der Waals surface area contributed by atoms with Crippen molar-refractivity contribution in [3.8, 4) is 39.1 Å². The van der Waals surface area contributed by atoms with Crippen LogP contribution in [0.4, 0.5) is 17.1 Å². The van der Waals surface area contributed by atoms with E-state index in [0.717, 1.165) is 22.7 Å². The maximum atomic E-state index is 2.47. The highest BCUT2D eigenvalue weighted by atomic mass is 32.1. The number of thiophene rings is 1. The molecule has 2 aromatic heterocycles. The van der Waals surface area contributed by atoms with Crippen LogP contribution in [0.5, 0.6) is 0 Å². The zero-order chi connectivity index (χ0) is 40.3. The molecular formula is C58H38N2S. The van der Waals surface area contributed by atoms with E-state index in [-0.39, 0.29) is 0 Å². The van der Waals surface area contributed by atoms with Gasteiger partial charge in [-0.05, 0) is 93.7 Å². The first kappa shape index (κ1) is 35.2. The minimum Gasteiger partial charge on any atom is -0.308 e. The predicted octanol–water partition coefficient (Wildman–Crippen LogP) is 16.8. The number of rotatable bonds is 7. The van der Waals surface area contributed by atoms with E-state index in [9.17, 15) is 0 Å². The van der Waals surface area contributed by atoms with Crippen LogP contribution >= 0.6 is 11.3 Å². The maximum absolute atomic E-state index is 2.47. The highest BCUT2D eigenvalue weighted by molar-refractivity contribution is 7.26. The molecule has 0 aliphatic heterocycles. The van der Waals surface area contributed by atoms with Gasteiger partial charge in [0.1, 0.15) is 0 Å². The van der Waals surface area contributed by atoms with Gasteiger partial charge in [0.2, 0.25) is 0 Å². The highest BCUT2D eigenvalue weighted by Gasteiger charge is 2.24. The Bertz CT molecular complexity index is 3560. The number of aromatic nitrogens is 1. The molecule has 2 heterocycles. The van der Waals surface area contributed by atoms with Gasteiger partial charge >= 0.3 is 0 Å². The first-order chi connectivity index (χ1) is 30.3. The summed E-state index contributed by atoms with van der Waals surface area (Å²) in [5.74, 6) is 0. The average Bonchev–Trinajstić information content (AvgIpc) is 3.88. The highest BCUT2D eigenvalue weighted by Crippen LogP contribution is 2.48. The number of fused-ring (bicyclic) bond motifs is 7. The van der Waals surface area contributed by atoms with Crippen LogP contribution in [0.3, 0.4) is 0 Å². The number of anilines is 3. The third-order valence-corrected chi connectivity index (χ3v) is 13.4. The van der Waals surface area contributed by atoms with Crippen molar-refractivity contribution in [2.75, 3.05) is 4.90 Å². The fourth-order valence-electron chi connectivity index (χ4n) is 9.34. The first-order valence-electron chi connectivity index (χ1n) is 20.8. The lowest BCUT2D eigenvalue weighted by atomic mass is 9.97. The van der Waals surface area contributed by atoms with Crippen molar-refractivity contribution in [1.82, 2.24) is 4.57 Å². The van der Waals surface area contributed by atoms with E-state index in [1.165, 1.54) is 86.1 Å². The molecule has 0 aliphatic rings. The molecule has 0 radical (unpaired) electrons. The van der Waals surface area contributed by atoms with Crippen molar-refractivity contribution in [3.05, 3.63) is 231 Å². The molecule has 12 rings (SSSR count). The summed E-state index contributed by atoms with van der Waals surface area (Å²) in [6, 6.07) is 84.2. The van der Waals surface area contributed by atoms with Crippen molar-refractivity contribution >= 4 is 81.1 Å². The fourth-order valence-corrected chi connectivity index (χ4v) is 10.6. The number of nitrogens with zero attached hydrogens (tertiary/aromatic N) is 2. The lowest BCUT2D eigenvalue weighted by Crippen LogP contribution is -2.14. The largest absolute Gasteiger partial charge is 0.308 e. The monoisotopic (exact) mass is 794 g/mol. The third kappa shape index (κ3) is 5.93. The Morgan fingerprint density at radius 3 is 1.70 bits per heavy atom. The van der Waals surface area contributed by atoms with Crippen LogP contribution < -0.4 is 4.90 Å². The summed E-state index contributed by atoms with van der Waals surface area (Å²) in [5, 5.41) is 7.58. The number of hydrogen-bond donors (Lipinski definition) is 0. The molecule has 0 spiro atoms. The smallest absolute Gasteiger partial charge is 0.0702 e. The number of hydrogen-bond acceptors (Lipinski definition) is 2. The standard InChI is InChI=1S/C58H38N2S/c1-2-16-41-38-44(32-31-39(41)15-1)43-18-13-17-42(37-43)40-33-35-45(36-34-40)59(52-25-7-5-21-48(52)50-23-14-24-51-49-22-6-12-30-57(49)61-58(50)51)55-28-10-11-29-56(55)60-53-26-8-3-19-46(53)47-20-4-9-27-54(47)60/h1-38H. The van der Waals surface area contributed by atoms with Gasteiger partial charge in [-0.25, -0.2) is 0 Å². The second kappa shape index (κ2) is 14.5. The summed E-state index contributed by atoms with van der Waals surface area (Å²) in [6.45, 7) is 0. The summed E-state index contributed by atoms with van der Waals surface area (Å²) >= 11 is 1.88. The van der Waals surface area contributed by atoms with Gasteiger partial charge in [0.15, 0.2) is 0 Å². The molecule has 0 bridgehead atoms. The van der Waals surface area contributed by atoms with Gasteiger partial charge in [0.05, 0.1) is 28.1 Å². The molecule has 0 fully saturated rings. The van der Waals surface area contributed by atoms with Crippen LogP contribution in [0, 0.1) is 0 Å². The molecule has 0 saturated carbocycles. The number of benzene rings is 10. The van der Waals surface area contributed by atoms with E-state index in [4.69, 9.17) is 0 Å². The molecule has 61 heavy (non-hydrogen) atoms. The Labute approximate surface area is 358 Å². The van der Waals surface area contributed by atoms with E-state index >= 15 is 0 Å². The van der Waals surface area contributed by atoms with E-state index in [1.807, 2.05) is 11.3 Å². The van der Waals surface area contributed by atoms with Gasteiger partial charge in [-0.1, -0.05) is 170 Å². The zero-order valence-corrected chi connectivity index (χ0v) is 34.1. The zero-order valence-electron chi connectivity index (χ0n) is 33.2. The van der Waals surface area contributed by atoms with Crippen molar-refractivity contribution in [3.63, 3.8) is 0 Å². The molecule has 0 saturated heterocycles. The van der Waals surface area contributed by atoms with Crippen molar-refractivity contribution in [2.45, 2.75) is 0 Å². The topological polar surface area (TPSA) is 8.17 Å². The molecule has 2 nitrogen and oxygen atoms in total. The Morgan fingerprint density at radius 1 is 0.344 bits per heavy atom. The second-order valence-electron chi connectivity index (χ2n) is 15.7. The molecular weight excluding hydrogens is 757 g/mol. The van der Waals surface area contributed by atoms with Crippen molar-refractivity contribution in [2.24, 2.45) is 0 Å². The summed E-state index contributed by atoms with van der Waals surface area (Å²) < 4.78 is 5.04. The van der Waals surface area contributed by atoms with E-state index in [1.54, 1.807) is 0 Å². The summed E-state index contributed by atoms with van der Waals surface area (Å²) in [5.41, 5.74) is 14.0. The molecule has 0 atom stereocenters. The fraction of sp³-hybridized carbons (Fsp3) is 0. The Morgan fingerprint density at radius 2 is 0.902 bits per heavy atom. The lowest BCUT2D eigenvalue weighted by Gasteiger charge is -2.30. The normalized spacial score (nSPS) is 11.6. The van der Waals surface area contributed by atoms with Gasteiger partial charge in [0.25, 0.3) is 0 Å². The van der Waals surface area contributed by atoms with Gasteiger partial charge in [-0.3, -0.25) is 0 Å². The Kier molecular flexibility index (Phi) is 8.39. The van der Waals surface area contributed by atoms with Crippen LogP contribution in [-0.4, -0.2) is 4.57 Å². The van der Waals surface area contributed by atoms with Crippen LogP contribution in [0.25, 0.3) is 91.8 Å². The molecule has 0 unspecified atom stereocenters. The minimum atomic E-state index is 1.08. The molecule has 3 heteroatoms. The number of para-hydroxylation sites is 5. The Hall–Kier alpha value is -7.72. The van der Waals surface area contributed by atoms with Gasteiger partial charge in [0, 0.05) is 47.8 Å². The van der Waals surface area contributed by atoms with E-state index in [0.29, 0.717) is 0 Å². The van der Waals surface area contributed by atoms with Crippen molar-refractivity contribution in [1.29, 1.82) is 0 Å². The molecule has 0 N–H and O–H groups in total. The van der Waals surface area contributed by atoms with Crippen LogP contribution in [0.1, 0.15) is 0 Å². The van der Waals surface area contributed by atoms with Crippen LogP contribution in [0.2, 0.25) is 0 Å². The van der Waals surface area contributed by atoms with E-state index < -0.39 is 0 Å². The van der Waals surface area contributed by atoms with E-state index in [2.05, 4.69) is 240 Å². The SMILES string of the molecule is c1cc(-c2ccc(N(c3ccccc3-c3cccc4c3sc3ccccc34)c3ccccc3-n3c4ccccc4c4ccccc43)cc2)cc(-c2ccc3ccccc3c2)c1. The van der Waals surface area contributed by atoms with Gasteiger partial charge < -0.3 is 9.47 Å². The summed E-state index contributed by atoms with van der Waals surface area (Å²) in [4.78, 5) is 2.47. The molecule has 0 amide bonds. The van der Waals surface area contributed by atoms with Crippen LogP contribution in [0.15, 0.2) is 231 Å². The van der Waals surface area contributed by atoms with Crippen LogP contribution in [-0.2, 0) is 0 Å². The maximum Gasteiger partial charge on any atom is 0.0702 e. The molecule has 0 aliphatic carbocycles. The average molecular weight is 795 g/mol. The second-order valence-corrected chi connectivity index (χ2v) is 16.7. The van der Waals surface area contributed by atoms with Gasteiger partial charge in [-0.2, -0.15) is 0 Å². The summed E-state index contributed by atoms with van der Waals surface area (Å²) in [7, 11) is 0.